The zero-order chi connectivity index (χ0) is 26.1. The highest BCUT2D eigenvalue weighted by Gasteiger charge is 2.31. The molecule has 0 bridgehead atoms. The highest BCUT2D eigenvalue weighted by atomic mass is 35.5. The summed E-state index contributed by atoms with van der Waals surface area (Å²) in [6, 6.07) is 22.4. The van der Waals surface area contributed by atoms with Crippen molar-refractivity contribution in [3.05, 3.63) is 100 Å². The van der Waals surface area contributed by atoms with E-state index < -0.39 is 6.04 Å². The lowest BCUT2D eigenvalue weighted by Crippen LogP contribution is -2.53. The van der Waals surface area contributed by atoms with Crippen molar-refractivity contribution in [3.8, 4) is 5.75 Å². The molecular formula is C30H35ClN2O3. The fraction of sp³-hybridized carbons (Fsp3) is 0.333. The van der Waals surface area contributed by atoms with Crippen LogP contribution in [-0.4, -0.2) is 35.4 Å². The molecule has 0 aliphatic carbocycles. The first-order valence-electron chi connectivity index (χ1n) is 12.3. The average Bonchev–Trinajstić information content (AvgIpc) is 2.87. The first-order valence-corrected chi connectivity index (χ1v) is 12.7. The van der Waals surface area contributed by atoms with Crippen LogP contribution >= 0.6 is 11.6 Å². The Balaban J connectivity index is 1.91. The molecule has 6 heteroatoms. The molecule has 0 aromatic heterocycles. The molecule has 0 saturated carbocycles. The largest absolute Gasteiger partial charge is 0.484 e. The van der Waals surface area contributed by atoms with Crippen LogP contribution in [0.2, 0.25) is 5.02 Å². The maximum atomic E-state index is 13.6. The molecule has 0 radical (unpaired) electrons. The number of ether oxygens (including phenoxy) is 1. The smallest absolute Gasteiger partial charge is 0.261 e. The average molecular weight is 507 g/mol. The van der Waals surface area contributed by atoms with Crippen LogP contribution in [0, 0.1) is 13.8 Å². The molecule has 2 atom stereocenters. The molecule has 36 heavy (non-hydrogen) atoms. The summed E-state index contributed by atoms with van der Waals surface area (Å²) in [5.74, 6) is 0.130. The van der Waals surface area contributed by atoms with Gasteiger partial charge in [0.25, 0.3) is 5.91 Å². The minimum absolute atomic E-state index is 0.0000115. The van der Waals surface area contributed by atoms with Crippen LogP contribution in [0.5, 0.6) is 5.75 Å². The van der Waals surface area contributed by atoms with Crippen molar-refractivity contribution in [1.29, 1.82) is 0 Å². The Hall–Kier alpha value is -3.31. The van der Waals surface area contributed by atoms with E-state index in [0.717, 1.165) is 28.7 Å². The molecule has 0 aliphatic rings. The first-order chi connectivity index (χ1) is 17.3. The van der Waals surface area contributed by atoms with Gasteiger partial charge < -0.3 is 15.0 Å². The summed E-state index contributed by atoms with van der Waals surface area (Å²) in [5, 5.41) is 3.72. The Labute approximate surface area is 219 Å². The SMILES string of the molecule is CCC(C)NC(=O)C(Cc1ccccc1)N(Cc1cccc(C)c1)C(=O)COc1ccc(Cl)c(C)c1. The maximum Gasteiger partial charge on any atom is 0.261 e. The Morgan fingerprint density at radius 3 is 2.36 bits per heavy atom. The number of halogens is 1. The normalized spacial score (nSPS) is 12.5. The lowest BCUT2D eigenvalue weighted by molar-refractivity contribution is -0.143. The van der Waals surface area contributed by atoms with Gasteiger partial charge >= 0.3 is 0 Å². The zero-order valence-electron chi connectivity index (χ0n) is 21.5. The summed E-state index contributed by atoms with van der Waals surface area (Å²) in [7, 11) is 0. The summed E-state index contributed by atoms with van der Waals surface area (Å²) in [6.45, 7) is 8.00. The van der Waals surface area contributed by atoms with Crippen molar-refractivity contribution in [2.45, 2.75) is 59.2 Å². The first kappa shape index (κ1) is 27.3. The van der Waals surface area contributed by atoms with Crippen LogP contribution < -0.4 is 10.1 Å². The Morgan fingerprint density at radius 1 is 0.972 bits per heavy atom. The summed E-state index contributed by atoms with van der Waals surface area (Å²) in [6.07, 6.45) is 1.20. The molecule has 0 spiro atoms. The Kier molecular flexibility index (Phi) is 9.95. The molecular weight excluding hydrogens is 472 g/mol. The van der Waals surface area contributed by atoms with Crippen LogP contribution in [0.1, 0.15) is 42.5 Å². The topological polar surface area (TPSA) is 58.6 Å². The number of carbonyl (C=O) groups excluding carboxylic acids is 2. The summed E-state index contributed by atoms with van der Waals surface area (Å²) in [5.41, 5.74) is 3.91. The van der Waals surface area contributed by atoms with Crippen molar-refractivity contribution in [2.75, 3.05) is 6.61 Å². The van der Waals surface area contributed by atoms with Crippen LogP contribution in [0.3, 0.4) is 0 Å². The molecule has 0 aliphatic heterocycles. The second kappa shape index (κ2) is 13.1. The number of nitrogens with one attached hydrogen (secondary N) is 1. The number of rotatable bonds is 11. The lowest BCUT2D eigenvalue weighted by Gasteiger charge is -2.32. The van der Waals surface area contributed by atoms with Gasteiger partial charge in [-0.1, -0.05) is 78.7 Å². The van der Waals surface area contributed by atoms with Gasteiger partial charge in [-0.05, 0) is 62.1 Å². The van der Waals surface area contributed by atoms with E-state index >= 15 is 0 Å². The van der Waals surface area contributed by atoms with Crippen LogP contribution in [0.25, 0.3) is 0 Å². The number of hydrogen-bond donors (Lipinski definition) is 1. The van der Waals surface area contributed by atoms with Gasteiger partial charge in [0.1, 0.15) is 11.8 Å². The highest BCUT2D eigenvalue weighted by Crippen LogP contribution is 2.22. The van der Waals surface area contributed by atoms with Gasteiger partial charge in [0.2, 0.25) is 5.91 Å². The van der Waals surface area contributed by atoms with Gasteiger partial charge in [-0.3, -0.25) is 9.59 Å². The van der Waals surface area contributed by atoms with Crippen molar-refractivity contribution < 1.29 is 14.3 Å². The van der Waals surface area contributed by atoms with Gasteiger partial charge in [-0.25, -0.2) is 0 Å². The molecule has 3 rings (SSSR count). The monoisotopic (exact) mass is 506 g/mol. The van der Waals surface area contributed by atoms with Crippen molar-refractivity contribution in [1.82, 2.24) is 10.2 Å². The van der Waals surface area contributed by atoms with Crippen LogP contribution in [-0.2, 0) is 22.6 Å². The van der Waals surface area contributed by atoms with Gasteiger partial charge in [0.05, 0.1) is 0 Å². The molecule has 0 fully saturated rings. The van der Waals surface area contributed by atoms with E-state index in [-0.39, 0.29) is 24.5 Å². The van der Waals surface area contributed by atoms with E-state index in [1.54, 1.807) is 23.1 Å². The highest BCUT2D eigenvalue weighted by molar-refractivity contribution is 6.31. The van der Waals surface area contributed by atoms with Gasteiger partial charge in [-0.15, -0.1) is 0 Å². The molecule has 2 unspecified atom stereocenters. The quantitative estimate of drug-likeness (QED) is 0.352. The van der Waals surface area contributed by atoms with Gasteiger partial charge in [0.15, 0.2) is 6.61 Å². The van der Waals surface area contributed by atoms with E-state index in [1.165, 1.54) is 0 Å². The third-order valence-electron chi connectivity index (χ3n) is 6.20. The molecule has 3 aromatic carbocycles. The summed E-state index contributed by atoms with van der Waals surface area (Å²) >= 11 is 6.13. The van der Waals surface area contributed by atoms with Crippen molar-refractivity contribution in [3.63, 3.8) is 0 Å². The molecule has 3 aromatic rings. The van der Waals surface area contributed by atoms with E-state index in [9.17, 15) is 9.59 Å². The van der Waals surface area contributed by atoms with Gasteiger partial charge in [-0.2, -0.15) is 0 Å². The van der Waals surface area contributed by atoms with E-state index in [2.05, 4.69) is 5.32 Å². The Bertz CT molecular complexity index is 1170. The van der Waals surface area contributed by atoms with E-state index in [1.807, 2.05) is 82.3 Å². The van der Waals surface area contributed by atoms with Crippen LogP contribution in [0.15, 0.2) is 72.8 Å². The number of amides is 2. The van der Waals surface area contributed by atoms with Crippen molar-refractivity contribution >= 4 is 23.4 Å². The second-order valence-corrected chi connectivity index (χ2v) is 9.64. The minimum atomic E-state index is -0.690. The molecule has 2 amide bonds. The molecule has 0 heterocycles. The van der Waals surface area contributed by atoms with E-state index in [4.69, 9.17) is 16.3 Å². The zero-order valence-corrected chi connectivity index (χ0v) is 22.2. The van der Waals surface area contributed by atoms with Gasteiger partial charge in [0, 0.05) is 24.0 Å². The number of benzene rings is 3. The predicted molar refractivity (Wildman–Crippen MR) is 145 cm³/mol. The second-order valence-electron chi connectivity index (χ2n) is 9.23. The standard InChI is InChI=1S/C30H35ClN2O3/c1-5-23(4)32-30(35)28(18-24-11-7-6-8-12-24)33(19-25-13-9-10-21(2)16-25)29(34)20-36-26-14-15-27(31)22(3)17-26/h6-17,23,28H,5,18-20H2,1-4H3,(H,32,35). The fourth-order valence-electron chi connectivity index (χ4n) is 3.94. The number of hydrogen-bond acceptors (Lipinski definition) is 3. The third kappa shape index (κ3) is 7.85. The number of aryl methyl sites for hydroxylation is 2. The molecule has 1 N–H and O–H groups in total. The van der Waals surface area contributed by atoms with Crippen LogP contribution in [0.4, 0.5) is 0 Å². The molecule has 0 saturated heterocycles. The predicted octanol–water partition coefficient (Wildman–Crippen LogP) is 5.89. The molecule has 5 nitrogen and oxygen atoms in total. The minimum Gasteiger partial charge on any atom is -0.484 e. The fourth-order valence-corrected chi connectivity index (χ4v) is 4.05. The molecule has 190 valence electrons. The third-order valence-corrected chi connectivity index (χ3v) is 6.62. The number of carbonyl (C=O) groups is 2. The summed E-state index contributed by atoms with van der Waals surface area (Å²) < 4.78 is 5.85. The van der Waals surface area contributed by atoms with E-state index in [0.29, 0.717) is 23.7 Å². The lowest BCUT2D eigenvalue weighted by atomic mass is 10.0. The number of nitrogens with zero attached hydrogens (tertiary/aromatic N) is 1. The summed E-state index contributed by atoms with van der Waals surface area (Å²) in [4.78, 5) is 28.8. The maximum absolute atomic E-state index is 13.6. The van der Waals surface area contributed by atoms with Crippen molar-refractivity contribution in [2.24, 2.45) is 0 Å². The Morgan fingerprint density at radius 2 is 1.69 bits per heavy atom.